The number of hydrogen-bond donors (Lipinski definition) is 1. The highest BCUT2D eigenvalue weighted by atomic mass is 32.2. The normalized spacial score (nSPS) is 15.6. The number of nitrogens with zero attached hydrogens (tertiary/aromatic N) is 1. The Hall–Kier alpha value is -2.11. The first-order valence-electron chi connectivity index (χ1n) is 8.91. The summed E-state index contributed by atoms with van der Waals surface area (Å²) in [7, 11) is 0. The molecule has 0 aromatic heterocycles. The van der Waals surface area contributed by atoms with Gasteiger partial charge in [0.15, 0.2) is 5.78 Å². The Bertz CT molecular complexity index is 756. The predicted octanol–water partition coefficient (Wildman–Crippen LogP) is 3.94. The zero-order valence-electron chi connectivity index (χ0n) is 15.0. The molecule has 0 radical (unpaired) electrons. The second-order valence-electron chi connectivity index (χ2n) is 6.56. The molecule has 26 heavy (non-hydrogen) atoms. The minimum absolute atomic E-state index is 0.00362. The molecule has 1 N–H and O–H groups in total. The van der Waals surface area contributed by atoms with E-state index in [0.717, 1.165) is 42.1 Å². The third kappa shape index (κ3) is 4.96. The Balaban J connectivity index is 1.47. The van der Waals surface area contributed by atoms with Gasteiger partial charge in [-0.3, -0.25) is 14.5 Å². The maximum atomic E-state index is 12.5. The van der Waals surface area contributed by atoms with Gasteiger partial charge in [-0.25, -0.2) is 0 Å². The molecule has 0 spiro atoms. The molecule has 1 aliphatic heterocycles. The number of carbonyl (C=O) groups is 2. The minimum atomic E-state index is -0.00362. The summed E-state index contributed by atoms with van der Waals surface area (Å²) in [6, 6.07) is 17.3. The van der Waals surface area contributed by atoms with E-state index in [4.69, 9.17) is 0 Å². The van der Waals surface area contributed by atoms with Crippen molar-refractivity contribution in [3.63, 3.8) is 0 Å². The molecule has 0 saturated carbocycles. The van der Waals surface area contributed by atoms with Crippen LogP contribution in [0.2, 0.25) is 0 Å². The summed E-state index contributed by atoms with van der Waals surface area (Å²) in [6.07, 6.45) is 3.63. The van der Waals surface area contributed by atoms with E-state index in [-0.39, 0.29) is 17.6 Å². The number of piperidine rings is 1. The standard InChI is InChI=1S/C21H24N2O2S/c1-26-19-9-5-8-18(14-19)22-20(24)15-23-12-10-17(11-13-23)21(25)16-6-3-2-4-7-16/h2-9,14,17H,10-13,15H2,1H3,(H,22,24). The molecule has 2 aromatic rings. The largest absolute Gasteiger partial charge is 0.325 e. The van der Waals surface area contributed by atoms with E-state index in [1.807, 2.05) is 60.9 Å². The quantitative estimate of drug-likeness (QED) is 0.620. The first kappa shape index (κ1) is 18.7. The number of amides is 1. The van der Waals surface area contributed by atoms with Gasteiger partial charge >= 0.3 is 0 Å². The number of nitrogens with one attached hydrogen (secondary N) is 1. The number of likely N-dealkylation sites (tertiary alicyclic amines) is 1. The van der Waals surface area contributed by atoms with Gasteiger partial charge in [-0.2, -0.15) is 0 Å². The summed E-state index contributed by atoms with van der Waals surface area (Å²) in [5.74, 6) is 0.287. The lowest BCUT2D eigenvalue weighted by atomic mass is 9.89. The lowest BCUT2D eigenvalue weighted by Crippen LogP contribution is -2.40. The number of rotatable bonds is 6. The second-order valence-corrected chi connectivity index (χ2v) is 7.44. The number of benzene rings is 2. The SMILES string of the molecule is CSc1cccc(NC(=O)CN2CCC(C(=O)c3ccccc3)CC2)c1. The fourth-order valence-electron chi connectivity index (χ4n) is 3.30. The molecule has 0 bridgehead atoms. The number of anilines is 1. The number of ketones is 1. The fourth-order valence-corrected chi connectivity index (χ4v) is 3.76. The van der Waals surface area contributed by atoms with E-state index in [1.165, 1.54) is 0 Å². The van der Waals surface area contributed by atoms with Crippen LogP contribution in [0.15, 0.2) is 59.5 Å². The highest BCUT2D eigenvalue weighted by molar-refractivity contribution is 7.98. The molecule has 0 unspecified atom stereocenters. The van der Waals surface area contributed by atoms with Gasteiger partial charge < -0.3 is 5.32 Å². The summed E-state index contributed by atoms with van der Waals surface area (Å²) < 4.78 is 0. The molecule has 5 heteroatoms. The molecule has 0 atom stereocenters. The third-order valence-electron chi connectivity index (χ3n) is 4.74. The summed E-state index contributed by atoms with van der Waals surface area (Å²) in [6.45, 7) is 1.93. The van der Waals surface area contributed by atoms with Crippen LogP contribution >= 0.6 is 11.8 Å². The summed E-state index contributed by atoms with van der Waals surface area (Å²) in [5.41, 5.74) is 1.62. The van der Waals surface area contributed by atoms with Gasteiger partial charge in [0, 0.05) is 22.1 Å². The van der Waals surface area contributed by atoms with Crippen molar-refractivity contribution in [3.8, 4) is 0 Å². The Morgan fingerprint density at radius 2 is 1.81 bits per heavy atom. The fraction of sp³-hybridized carbons (Fsp3) is 0.333. The van der Waals surface area contributed by atoms with Crippen LogP contribution in [0.4, 0.5) is 5.69 Å². The monoisotopic (exact) mass is 368 g/mol. The van der Waals surface area contributed by atoms with E-state index in [9.17, 15) is 9.59 Å². The first-order valence-corrected chi connectivity index (χ1v) is 10.1. The Morgan fingerprint density at radius 3 is 2.50 bits per heavy atom. The van der Waals surface area contributed by atoms with Crippen LogP contribution in [0.3, 0.4) is 0 Å². The van der Waals surface area contributed by atoms with Crippen molar-refractivity contribution < 1.29 is 9.59 Å². The Morgan fingerprint density at radius 1 is 1.08 bits per heavy atom. The molecular formula is C21H24N2O2S. The van der Waals surface area contributed by atoms with E-state index < -0.39 is 0 Å². The van der Waals surface area contributed by atoms with Crippen molar-refractivity contribution in [2.45, 2.75) is 17.7 Å². The van der Waals surface area contributed by atoms with E-state index in [0.29, 0.717) is 6.54 Å². The predicted molar refractivity (Wildman–Crippen MR) is 107 cm³/mol. The van der Waals surface area contributed by atoms with E-state index in [1.54, 1.807) is 11.8 Å². The lowest BCUT2D eigenvalue weighted by molar-refractivity contribution is -0.117. The molecule has 1 amide bonds. The maximum Gasteiger partial charge on any atom is 0.238 e. The molecule has 1 fully saturated rings. The molecule has 1 saturated heterocycles. The topological polar surface area (TPSA) is 49.4 Å². The highest BCUT2D eigenvalue weighted by Crippen LogP contribution is 2.22. The van der Waals surface area contributed by atoms with Gasteiger partial charge in [-0.15, -0.1) is 11.8 Å². The average Bonchev–Trinajstić information content (AvgIpc) is 2.69. The first-order chi connectivity index (χ1) is 12.7. The van der Waals surface area contributed by atoms with Crippen molar-refractivity contribution in [3.05, 3.63) is 60.2 Å². The number of Topliss-reactive ketones (excluding diaryl/α,β-unsaturated/α-hetero) is 1. The second kappa shape index (κ2) is 9.01. The molecule has 4 nitrogen and oxygen atoms in total. The smallest absolute Gasteiger partial charge is 0.238 e. The van der Waals surface area contributed by atoms with Gasteiger partial charge in [-0.05, 0) is 50.4 Å². The van der Waals surface area contributed by atoms with Crippen LogP contribution < -0.4 is 5.32 Å². The van der Waals surface area contributed by atoms with Gasteiger partial charge in [0.05, 0.1) is 6.54 Å². The van der Waals surface area contributed by atoms with Gasteiger partial charge in [-0.1, -0.05) is 36.4 Å². The molecule has 1 aliphatic rings. The summed E-state index contributed by atoms with van der Waals surface area (Å²) >= 11 is 1.65. The average molecular weight is 369 g/mol. The van der Waals surface area contributed by atoms with Crippen LogP contribution in [0.5, 0.6) is 0 Å². The molecule has 3 rings (SSSR count). The summed E-state index contributed by atoms with van der Waals surface area (Å²) in [4.78, 5) is 28.1. The van der Waals surface area contributed by atoms with Crippen LogP contribution in [-0.4, -0.2) is 42.5 Å². The maximum absolute atomic E-state index is 12.5. The van der Waals surface area contributed by atoms with Crippen molar-refractivity contribution >= 4 is 29.1 Å². The number of carbonyl (C=O) groups excluding carboxylic acids is 2. The van der Waals surface area contributed by atoms with E-state index in [2.05, 4.69) is 10.2 Å². The van der Waals surface area contributed by atoms with Crippen molar-refractivity contribution in [2.75, 3.05) is 31.2 Å². The number of thioether (sulfide) groups is 1. The molecule has 136 valence electrons. The van der Waals surface area contributed by atoms with Crippen LogP contribution in [0, 0.1) is 5.92 Å². The van der Waals surface area contributed by atoms with Gasteiger partial charge in [0.25, 0.3) is 0 Å². The number of hydrogen-bond acceptors (Lipinski definition) is 4. The molecular weight excluding hydrogens is 344 g/mol. The molecule has 1 heterocycles. The van der Waals surface area contributed by atoms with Gasteiger partial charge in [0.2, 0.25) is 5.91 Å². The van der Waals surface area contributed by atoms with Crippen LogP contribution in [0.1, 0.15) is 23.2 Å². The van der Waals surface area contributed by atoms with E-state index >= 15 is 0 Å². The van der Waals surface area contributed by atoms with Crippen molar-refractivity contribution in [1.82, 2.24) is 4.90 Å². The zero-order chi connectivity index (χ0) is 18.4. The summed E-state index contributed by atoms with van der Waals surface area (Å²) in [5, 5.41) is 2.96. The lowest BCUT2D eigenvalue weighted by Gasteiger charge is -2.30. The molecule has 2 aromatic carbocycles. The Labute approximate surface area is 159 Å². The zero-order valence-corrected chi connectivity index (χ0v) is 15.8. The minimum Gasteiger partial charge on any atom is -0.325 e. The van der Waals surface area contributed by atoms with Crippen LogP contribution in [-0.2, 0) is 4.79 Å². The van der Waals surface area contributed by atoms with Crippen molar-refractivity contribution in [1.29, 1.82) is 0 Å². The van der Waals surface area contributed by atoms with Crippen molar-refractivity contribution in [2.24, 2.45) is 5.92 Å². The third-order valence-corrected chi connectivity index (χ3v) is 5.46. The molecule has 0 aliphatic carbocycles. The Kier molecular flexibility index (Phi) is 6.47. The van der Waals surface area contributed by atoms with Crippen LogP contribution in [0.25, 0.3) is 0 Å². The van der Waals surface area contributed by atoms with Gasteiger partial charge in [0.1, 0.15) is 0 Å². The highest BCUT2D eigenvalue weighted by Gasteiger charge is 2.26.